The zero-order valence-electron chi connectivity index (χ0n) is 20.0. The number of hydrogen-bond acceptors (Lipinski definition) is 7. The fraction of sp³-hybridized carbons (Fsp3) is 0.214. The van der Waals surface area contributed by atoms with Crippen LogP contribution in [0, 0.1) is 5.21 Å². The van der Waals surface area contributed by atoms with E-state index >= 15 is 0 Å². The van der Waals surface area contributed by atoms with Crippen LogP contribution in [0.3, 0.4) is 0 Å². The highest BCUT2D eigenvalue weighted by Crippen LogP contribution is 2.31. The van der Waals surface area contributed by atoms with Gasteiger partial charge in [-0.2, -0.15) is 4.73 Å². The molecule has 0 bridgehead atoms. The lowest BCUT2D eigenvalue weighted by molar-refractivity contribution is -0.608. The highest BCUT2D eigenvalue weighted by molar-refractivity contribution is 5.91. The number of rotatable bonds is 9. The van der Waals surface area contributed by atoms with Gasteiger partial charge in [-0.15, -0.1) is 0 Å². The first-order valence-corrected chi connectivity index (χ1v) is 11.9. The van der Waals surface area contributed by atoms with Crippen molar-refractivity contribution in [3.05, 3.63) is 112 Å². The zero-order valence-corrected chi connectivity index (χ0v) is 20.0. The van der Waals surface area contributed by atoms with Gasteiger partial charge >= 0.3 is 5.91 Å². The summed E-state index contributed by atoms with van der Waals surface area (Å²) in [6.45, 7) is 1.29. The summed E-state index contributed by atoms with van der Waals surface area (Å²) in [4.78, 5) is 25.8. The third-order valence-corrected chi connectivity index (χ3v) is 6.23. The number of ether oxygens (including phenoxy) is 2. The molecule has 1 aliphatic heterocycles. The quantitative estimate of drug-likeness (QED) is 0.195. The number of likely N-dealkylation sites (tertiary alicyclic amines) is 1. The van der Waals surface area contributed by atoms with E-state index in [1.807, 2.05) is 60.7 Å². The Morgan fingerprint density at radius 3 is 2.30 bits per heavy atom. The van der Waals surface area contributed by atoms with Crippen molar-refractivity contribution in [1.82, 2.24) is 10.1 Å². The summed E-state index contributed by atoms with van der Waals surface area (Å²) in [5.74, 6) is 0.191. The van der Waals surface area contributed by atoms with E-state index in [1.165, 1.54) is 12.3 Å². The van der Waals surface area contributed by atoms with E-state index in [9.17, 15) is 14.8 Å². The fourth-order valence-electron chi connectivity index (χ4n) is 4.25. The molecule has 9 heteroatoms. The van der Waals surface area contributed by atoms with Gasteiger partial charge in [0.2, 0.25) is 11.9 Å². The van der Waals surface area contributed by atoms with Crippen LogP contribution in [0.25, 0.3) is 0 Å². The van der Waals surface area contributed by atoms with Gasteiger partial charge in [0.15, 0.2) is 17.8 Å². The molecule has 2 aromatic heterocycles. The molecule has 9 nitrogen and oxygen atoms in total. The molecule has 188 valence electrons. The van der Waals surface area contributed by atoms with Gasteiger partial charge in [0.1, 0.15) is 13.2 Å². The molecular weight excluding hydrogens is 474 g/mol. The average molecular weight is 500 g/mol. The lowest BCUT2D eigenvalue weighted by Crippen LogP contribution is -2.41. The molecule has 2 aromatic carbocycles. The van der Waals surface area contributed by atoms with Crippen LogP contribution >= 0.6 is 0 Å². The van der Waals surface area contributed by atoms with Crippen molar-refractivity contribution < 1.29 is 28.3 Å². The van der Waals surface area contributed by atoms with E-state index in [0.717, 1.165) is 11.1 Å². The Morgan fingerprint density at radius 2 is 1.68 bits per heavy atom. The van der Waals surface area contributed by atoms with Crippen LogP contribution in [0.2, 0.25) is 0 Å². The first-order valence-electron chi connectivity index (χ1n) is 11.9. The minimum atomic E-state index is -0.421. The van der Waals surface area contributed by atoms with E-state index in [2.05, 4.69) is 5.16 Å². The summed E-state index contributed by atoms with van der Waals surface area (Å²) in [6, 6.07) is 22.2. The maximum absolute atomic E-state index is 13.3. The van der Waals surface area contributed by atoms with Crippen molar-refractivity contribution in [2.45, 2.75) is 25.6 Å². The molecule has 0 N–H and O–H groups in total. The monoisotopic (exact) mass is 499 g/mol. The van der Waals surface area contributed by atoms with Crippen molar-refractivity contribution in [3.8, 4) is 11.5 Å². The maximum atomic E-state index is 13.3. The van der Waals surface area contributed by atoms with E-state index in [4.69, 9.17) is 14.0 Å². The summed E-state index contributed by atoms with van der Waals surface area (Å²) in [5.41, 5.74) is 2.42. The molecule has 1 aliphatic rings. The van der Waals surface area contributed by atoms with Gasteiger partial charge in [0, 0.05) is 25.1 Å². The van der Waals surface area contributed by atoms with Gasteiger partial charge in [0.05, 0.1) is 11.8 Å². The minimum Gasteiger partial charge on any atom is -0.618 e. The van der Waals surface area contributed by atoms with Crippen LogP contribution < -0.4 is 14.2 Å². The van der Waals surface area contributed by atoms with Crippen molar-refractivity contribution in [2.75, 3.05) is 13.1 Å². The van der Waals surface area contributed by atoms with E-state index in [0.29, 0.717) is 42.0 Å². The van der Waals surface area contributed by atoms with Crippen molar-refractivity contribution in [3.63, 3.8) is 0 Å². The standard InChI is InChI=1S/C28H25N3O6/c32-17-23-13-24(29-37-23)22-11-12-30(15-22)28(33)25-14-26(35-18-20-7-3-1-4-8-20)27(16-31(25)34)36-19-21-9-5-2-6-10-21/h1-10,13-14,16-17,22H,11-12,15,18-19H2/t22-/m1/s1. The molecule has 0 saturated carbocycles. The molecular formula is C28H25N3O6. The molecule has 4 aromatic rings. The lowest BCUT2D eigenvalue weighted by Gasteiger charge is -2.18. The number of pyridine rings is 1. The molecule has 0 radical (unpaired) electrons. The predicted octanol–water partition coefficient (Wildman–Crippen LogP) is 3.91. The molecule has 0 unspecified atom stereocenters. The zero-order chi connectivity index (χ0) is 25.6. The van der Waals surface area contributed by atoms with E-state index in [-0.39, 0.29) is 36.3 Å². The second-order valence-electron chi connectivity index (χ2n) is 8.77. The van der Waals surface area contributed by atoms with Gasteiger partial charge in [0.25, 0.3) is 5.69 Å². The largest absolute Gasteiger partial charge is 0.618 e. The molecule has 37 heavy (non-hydrogen) atoms. The summed E-state index contributed by atoms with van der Waals surface area (Å²) < 4.78 is 17.4. The van der Waals surface area contributed by atoms with Crippen molar-refractivity contribution >= 4 is 12.2 Å². The third-order valence-electron chi connectivity index (χ3n) is 6.23. The minimum absolute atomic E-state index is 0.0653. The summed E-state index contributed by atoms with van der Waals surface area (Å²) in [5, 5.41) is 16.9. The van der Waals surface area contributed by atoms with Gasteiger partial charge in [-0.3, -0.25) is 9.59 Å². The second kappa shape index (κ2) is 10.9. The molecule has 0 aliphatic carbocycles. The molecule has 0 spiro atoms. The van der Waals surface area contributed by atoms with Crippen LogP contribution in [0.4, 0.5) is 0 Å². The number of nitrogens with zero attached hydrogens (tertiary/aromatic N) is 3. The van der Waals surface area contributed by atoms with Crippen molar-refractivity contribution in [2.24, 2.45) is 0 Å². The molecule has 1 saturated heterocycles. The normalized spacial score (nSPS) is 14.9. The Labute approximate surface area is 213 Å². The third kappa shape index (κ3) is 5.61. The Hall–Kier alpha value is -4.66. The maximum Gasteiger partial charge on any atom is 0.320 e. The molecule has 3 heterocycles. The van der Waals surface area contributed by atoms with Gasteiger partial charge in [-0.1, -0.05) is 65.8 Å². The Kier molecular flexibility index (Phi) is 7.12. The predicted molar refractivity (Wildman–Crippen MR) is 132 cm³/mol. The number of benzene rings is 2. The smallest absolute Gasteiger partial charge is 0.320 e. The summed E-state index contributed by atoms with van der Waals surface area (Å²) in [6.07, 6.45) is 2.47. The van der Waals surface area contributed by atoms with Crippen molar-refractivity contribution in [1.29, 1.82) is 0 Å². The first-order chi connectivity index (χ1) is 18.1. The SMILES string of the molecule is O=Cc1cc([C@@H]2CCN(C(=O)c3cc(OCc4ccccc4)c(OCc4ccccc4)c[n+]3[O-])C2)no1. The van der Waals surface area contributed by atoms with Gasteiger partial charge < -0.3 is 24.1 Å². The van der Waals surface area contributed by atoms with Crippen LogP contribution in [0.5, 0.6) is 11.5 Å². The molecule has 1 fully saturated rings. The Morgan fingerprint density at radius 1 is 1.03 bits per heavy atom. The second-order valence-corrected chi connectivity index (χ2v) is 8.77. The number of aldehydes is 1. The molecule has 5 rings (SSSR count). The van der Waals surface area contributed by atoms with Crippen LogP contribution in [0.1, 0.15) is 50.2 Å². The van der Waals surface area contributed by atoms with Crippen LogP contribution in [0.15, 0.2) is 83.5 Å². The molecule has 1 amide bonds. The Bertz CT molecular complexity index is 1370. The number of hydrogen-bond donors (Lipinski definition) is 0. The van der Waals surface area contributed by atoms with Crippen LogP contribution in [-0.2, 0) is 13.2 Å². The number of amides is 1. The van der Waals surface area contributed by atoms with Gasteiger partial charge in [-0.05, 0) is 17.5 Å². The first kappa shape index (κ1) is 24.1. The highest BCUT2D eigenvalue weighted by atomic mass is 16.5. The highest BCUT2D eigenvalue weighted by Gasteiger charge is 2.34. The molecule has 1 atom stereocenters. The summed E-state index contributed by atoms with van der Waals surface area (Å²) in [7, 11) is 0. The Balaban J connectivity index is 1.36. The van der Waals surface area contributed by atoms with Gasteiger partial charge in [-0.25, -0.2) is 0 Å². The average Bonchev–Trinajstić information content (AvgIpc) is 3.62. The van der Waals surface area contributed by atoms with E-state index < -0.39 is 5.91 Å². The fourth-order valence-corrected chi connectivity index (χ4v) is 4.25. The number of carbonyl (C=O) groups excluding carboxylic acids is 2. The van der Waals surface area contributed by atoms with E-state index in [1.54, 1.807) is 11.0 Å². The number of carbonyl (C=O) groups is 2. The number of aromatic nitrogens is 2. The topological polar surface area (TPSA) is 109 Å². The summed E-state index contributed by atoms with van der Waals surface area (Å²) >= 11 is 0. The lowest BCUT2D eigenvalue weighted by atomic mass is 10.1. The van der Waals surface area contributed by atoms with Crippen LogP contribution in [-0.4, -0.2) is 35.3 Å².